The molecule has 1 aliphatic heterocycles. The van der Waals surface area contributed by atoms with Gasteiger partial charge in [-0.05, 0) is 51.8 Å². The van der Waals surface area contributed by atoms with Crippen molar-refractivity contribution in [3.63, 3.8) is 0 Å². The van der Waals surface area contributed by atoms with Gasteiger partial charge in [0.15, 0.2) is 0 Å². The average molecular weight is 276 g/mol. The van der Waals surface area contributed by atoms with Gasteiger partial charge in [0.05, 0.1) is 5.69 Å². The Bertz CT molecular complexity index is 486. The molecule has 1 aliphatic carbocycles. The number of nitrogens with one attached hydrogen (secondary N) is 1. The van der Waals surface area contributed by atoms with E-state index >= 15 is 0 Å². The first-order valence-electron chi connectivity index (χ1n) is 7.64. The van der Waals surface area contributed by atoms with Crippen molar-refractivity contribution in [3.8, 4) is 0 Å². The van der Waals surface area contributed by atoms with E-state index in [-0.39, 0.29) is 11.9 Å². The van der Waals surface area contributed by atoms with E-state index in [4.69, 9.17) is 5.73 Å². The molecule has 0 radical (unpaired) electrons. The van der Waals surface area contributed by atoms with E-state index in [9.17, 15) is 4.79 Å². The number of aromatic nitrogens is 1. The van der Waals surface area contributed by atoms with Crippen LogP contribution >= 0.6 is 0 Å². The summed E-state index contributed by atoms with van der Waals surface area (Å²) in [4.78, 5) is 14.8. The van der Waals surface area contributed by atoms with Crippen LogP contribution in [0.3, 0.4) is 0 Å². The minimum atomic E-state index is 0.000275. The van der Waals surface area contributed by atoms with Gasteiger partial charge in [0.1, 0.15) is 5.69 Å². The molecule has 1 amide bonds. The minimum Gasteiger partial charge on any atom is -0.397 e. The third-order valence-electron chi connectivity index (χ3n) is 4.15. The first-order chi connectivity index (χ1) is 9.63. The Morgan fingerprint density at radius 3 is 2.80 bits per heavy atom. The van der Waals surface area contributed by atoms with E-state index in [2.05, 4.69) is 17.1 Å². The van der Waals surface area contributed by atoms with Crippen molar-refractivity contribution in [2.75, 3.05) is 25.4 Å². The lowest BCUT2D eigenvalue weighted by atomic mass is 10.3. The molecule has 2 heterocycles. The number of nitrogens with two attached hydrogens (primary N) is 1. The minimum absolute atomic E-state index is 0.000275. The fraction of sp³-hybridized carbons (Fsp3) is 0.667. The fourth-order valence-corrected chi connectivity index (χ4v) is 3.03. The van der Waals surface area contributed by atoms with E-state index in [1.807, 2.05) is 10.8 Å². The Labute approximate surface area is 120 Å². The molecule has 110 valence electrons. The van der Waals surface area contributed by atoms with Gasteiger partial charge in [-0.2, -0.15) is 0 Å². The number of amides is 1. The molecule has 1 aromatic rings. The molecule has 2 fully saturated rings. The second-order valence-corrected chi connectivity index (χ2v) is 6.18. The van der Waals surface area contributed by atoms with Crippen LogP contribution in [0.5, 0.6) is 0 Å². The summed E-state index contributed by atoms with van der Waals surface area (Å²) in [5.74, 6) is 0.000275. The average Bonchev–Trinajstić information content (AvgIpc) is 2.98. The maximum Gasteiger partial charge on any atom is 0.268 e. The standard InChI is InChI=1S/C15H24N4O/c1-11(9-18-6-2-3-7-18)17-15(20)14-8-12(16)10-19(14)13-4-5-13/h8,10-11,13H,2-7,9,16H2,1H3,(H,17,20). The van der Waals surface area contributed by atoms with Crippen molar-refractivity contribution in [2.24, 2.45) is 0 Å². The molecule has 3 rings (SSSR count). The quantitative estimate of drug-likeness (QED) is 0.859. The number of rotatable bonds is 5. The number of nitrogens with zero attached hydrogens (tertiary/aromatic N) is 2. The summed E-state index contributed by atoms with van der Waals surface area (Å²) in [6.07, 6.45) is 6.75. The molecule has 2 aliphatic rings. The number of nitrogen functional groups attached to an aromatic ring is 1. The van der Waals surface area contributed by atoms with Crippen molar-refractivity contribution in [1.29, 1.82) is 0 Å². The van der Waals surface area contributed by atoms with Crippen LogP contribution < -0.4 is 11.1 Å². The zero-order chi connectivity index (χ0) is 14.1. The summed E-state index contributed by atoms with van der Waals surface area (Å²) in [7, 11) is 0. The maximum atomic E-state index is 12.4. The van der Waals surface area contributed by atoms with Gasteiger partial charge in [0.2, 0.25) is 0 Å². The number of hydrogen-bond donors (Lipinski definition) is 2. The van der Waals surface area contributed by atoms with Crippen LogP contribution in [0.15, 0.2) is 12.3 Å². The number of anilines is 1. The molecule has 5 heteroatoms. The van der Waals surface area contributed by atoms with Crippen LogP contribution in [0.25, 0.3) is 0 Å². The van der Waals surface area contributed by atoms with Crippen molar-refractivity contribution < 1.29 is 4.79 Å². The van der Waals surface area contributed by atoms with Crippen LogP contribution in [-0.4, -0.2) is 41.1 Å². The Hall–Kier alpha value is -1.49. The van der Waals surface area contributed by atoms with Gasteiger partial charge in [-0.3, -0.25) is 4.79 Å². The van der Waals surface area contributed by atoms with Gasteiger partial charge in [-0.1, -0.05) is 0 Å². The lowest BCUT2D eigenvalue weighted by Crippen LogP contribution is -2.41. The Kier molecular flexibility index (Phi) is 3.70. The summed E-state index contributed by atoms with van der Waals surface area (Å²) < 4.78 is 2.03. The summed E-state index contributed by atoms with van der Waals surface area (Å²) >= 11 is 0. The van der Waals surface area contributed by atoms with E-state index in [1.54, 1.807) is 6.07 Å². The second kappa shape index (κ2) is 5.48. The smallest absolute Gasteiger partial charge is 0.268 e. The number of likely N-dealkylation sites (tertiary alicyclic amines) is 1. The summed E-state index contributed by atoms with van der Waals surface area (Å²) in [6.45, 7) is 5.33. The third-order valence-corrected chi connectivity index (χ3v) is 4.15. The second-order valence-electron chi connectivity index (χ2n) is 6.18. The van der Waals surface area contributed by atoms with Crippen molar-refractivity contribution in [3.05, 3.63) is 18.0 Å². The lowest BCUT2D eigenvalue weighted by molar-refractivity contribution is 0.0922. The molecule has 20 heavy (non-hydrogen) atoms. The molecule has 0 aromatic carbocycles. The highest BCUT2D eigenvalue weighted by atomic mass is 16.2. The topological polar surface area (TPSA) is 63.3 Å². The maximum absolute atomic E-state index is 12.4. The number of carbonyl (C=O) groups is 1. The largest absolute Gasteiger partial charge is 0.397 e. The first kappa shape index (κ1) is 13.5. The molecule has 5 nitrogen and oxygen atoms in total. The molecule has 0 spiro atoms. The van der Waals surface area contributed by atoms with Crippen LogP contribution in [-0.2, 0) is 0 Å². The zero-order valence-electron chi connectivity index (χ0n) is 12.1. The molecule has 0 bridgehead atoms. The SMILES string of the molecule is CC(CN1CCCC1)NC(=O)c1cc(N)cn1C1CC1. The predicted molar refractivity (Wildman–Crippen MR) is 79.7 cm³/mol. The third kappa shape index (κ3) is 2.98. The normalized spacial score (nSPS) is 21.1. The van der Waals surface area contributed by atoms with Crippen molar-refractivity contribution in [1.82, 2.24) is 14.8 Å². The predicted octanol–water partition coefficient (Wildman–Crippen LogP) is 1.62. The van der Waals surface area contributed by atoms with E-state index in [1.165, 1.54) is 12.8 Å². The summed E-state index contributed by atoms with van der Waals surface area (Å²) in [5.41, 5.74) is 7.22. The van der Waals surface area contributed by atoms with E-state index in [0.717, 1.165) is 32.5 Å². The van der Waals surface area contributed by atoms with Crippen LogP contribution in [0.2, 0.25) is 0 Å². The van der Waals surface area contributed by atoms with Crippen LogP contribution in [0.4, 0.5) is 5.69 Å². The molecule has 1 atom stereocenters. The number of carbonyl (C=O) groups excluding carboxylic acids is 1. The van der Waals surface area contributed by atoms with E-state index in [0.29, 0.717) is 17.4 Å². The Morgan fingerprint density at radius 1 is 1.45 bits per heavy atom. The monoisotopic (exact) mass is 276 g/mol. The van der Waals surface area contributed by atoms with Gasteiger partial charge < -0.3 is 20.5 Å². The Morgan fingerprint density at radius 2 is 2.15 bits per heavy atom. The molecular formula is C15H24N4O. The van der Waals surface area contributed by atoms with Gasteiger partial charge in [0.25, 0.3) is 5.91 Å². The fourth-order valence-electron chi connectivity index (χ4n) is 3.03. The zero-order valence-corrected chi connectivity index (χ0v) is 12.1. The molecular weight excluding hydrogens is 252 g/mol. The molecule has 1 saturated heterocycles. The van der Waals surface area contributed by atoms with Crippen LogP contribution in [0, 0.1) is 0 Å². The van der Waals surface area contributed by atoms with Gasteiger partial charge in [0, 0.05) is 24.8 Å². The molecule has 1 saturated carbocycles. The number of hydrogen-bond acceptors (Lipinski definition) is 3. The van der Waals surface area contributed by atoms with Gasteiger partial charge >= 0.3 is 0 Å². The highest BCUT2D eigenvalue weighted by Gasteiger charge is 2.28. The highest BCUT2D eigenvalue weighted by molar-refractivity contribution is 5.94. The highest BCUT2D eigenvalue weighted by Crippen LogP contribution is 2.37. The summed E-state index contributed by atoms with van der Waals surface area (Å²) in [5, 5.41) is 3.10. The van der Waals surface area contributed by atoms with E-state index < -0.39 is 0 Å². The molecule has 1 aromatic heterocycles. The van der Waals surface area contributed by atoms with Crippen molar-refractivity contribution >= 4 is 11.6 Å². The van der Waals surface area contributed by atoms with Crippen LogP contribution in [0.1, 0.15) is 49.1 Å². The van der Waals surface area contributed by atoms with Gasteiger partial charge in [-0.25, -0.2) is 0 Å². The first-order valence-corrected chi connectivity index (χ1v) is 7.64. The summed E-state index contributed by atoms with van der Waals surface area (Å²) in [6, 6.07) is 2.43. The van der Waals surface area contributed by atoms with Gasteiger partial charge in [-0.15, -0.1) is 0 Å². The van der Waals surface area contributed by atoms with Crippen molar-refractivity contribution in [2.45, 2.75) is 44.7 Å². The molecule has 1 unspecified atom stereocenters. The Balaban J connectivity index is 1.60. The lowest BCUT2D eigenvalue weighted by Gasteiger charge is -2.21. The molecule has 3 N–H and O–H groups in total.